The molecule has 1 aliphatic rings. The van der Waals surface area contributed by atoms with E-state index in [0.717, 1.165) is 0 Å². The van der Waals surface area contributed by atoms with Gasteiger partial charge in [0.05, 0.1) is 11.6 Å². The van der Waals surface area contributed by atoms with Crippen molar-refractivity contribution in [1.29, 1.82) is 0 Å². The van der Waals surface area contributed by atoms with Gasteiger partial charge in [-0.3, -0.25) is 25.0 Å². The molecule has 2 aromatic carbocycles. The number of carbonyl (C=O) groups excluding carboxylic acids is 3. The van der Waals surface area contributed by atoms with Gasteiger partial charge in [0.2, 0.25) is 0 Å². The van der Waals surface area contributed by atoms with Crippen LogP contribution in [0.1, 0.15) is 19.6 Å². The fourth-order valence-corrected chi connectivity index (χ4v) is 4.55. The molecular weight excluding hydrogens is 605 g/mol. The van der Waals surface area contributed by atoms with Gasteiger partial charge in [0, 0.05) is 27.6 Å². The van der Waals surface area contributed by atoms with Crippen LogP contribution in [0.4, 0.5) is 26.8 Å². The molecule has 0 saturated carbocycles. The zero-order chi connectivity index (χ0) is 31.3. The minimum Gasteiger partial charge on any atom is -0.401 e. The maximum atomic E-state index is 13.7. The van der Waals surface area contributed by atoms with Crippen LogP contribution in [-0.4, -0.2) is 62.5 Å². The van der Waals surface area contributed by atoms with E-state index in [2.05, 4.69) is 15.8 Å². The van der Waals surface area contributed by atoms with E-state index in [-0.39, 0.29) is 5.76 Å². The smallest absolute Gasteiger partial charge is 0.401 e. The SMILES string of the molecule is CC1(C)[C@@H](N(O)C(=O)Nc2ccc(Cl)cc2)N(c2ccc(Cl)cc2)C(=O)N1CC(=O)N/N=C/C=C\c1ccc([N+](=O)[O-])o1. The van der Waals surface area contributed by atoms with Crippen LogP contribution in [0.3, 0.4) is 0 Å². The molecule has 0 bridgehead atoms. The molecule has 1 saturated heterocycles. The summed E-state index contributed by atoms with van der Waals surface area (Å²) in [6, 6.07) is 13.4. The summed E-state index contributed by atoms with van der Waals surface area (Å²) in [5.74, 6) is -0.889. The lowest BCUT2D eigenvalue weighted by molar-refractivity contribution is -0.402. The highest BCUT2D eigenvalue weighted by atomic mass is 35.5. The molecule has 0 aliphatic carbocycles. The van der Waals surface area contributed by atoms with Crippen molar-refractivity contribution >= 4 is 70.7 Å². The first-order chi connectivity index (χ1) is 20.4. The molecule has 0 radical (unpaired) electrons. The summed E-state index contributed by atoms with van der Waals surface area (Å²) in [5.41, 5.74) is 1.64. The number of hydrogen-bond acceptors (Lipinski definition) is 8. The number of urea groups is 2. The Bertz CT molecular complexity index is 1570. The Morgan fingerprint density at radius 1 is 1.12 bits per heavy atom. The Labute approximate surface area is 254 Å². The number of benzene rings is 2. The van der Waals surface area contributed by atoms with E-state index in [0.29, 0.717) is 26.5 Å². The summed E-state index contributed by atoms with van der Waals surface area (Å²) < 4.78 is 4.98. The highest BCUT2D eigenvalue weighted by Crippen LogP contribution is 2.38. The van der Waals surface area contributed by atoms with E-state index in [1.54, 1.807) is 62.4 Å². The predicted octanol–water partition coefficient (Wildman–Crippen LogP) is 5.58. The Balaban J connectivity index is 1.50. The summed E-state index contributed by atoms with van der Waals surface area (Å²) >= 11 is 11.9. The van der Waals surface area contributed by atoms with Crippen LogP contribution in [-0.2, 0) is 4.79 Å². The number of nitrogens with zero attached hydrogens (tertiary/aromatic N) is 5. The van der Waals surface area contributed by atoms with Crippen molar-refractivity contribution in [2.24, 2.45) is 5.10 Å². The van der Waals surface area contributed by atoms with Crippen molar-refractivity contribution in [2.75, 3.05) is 16.8 Å². The maximum absolute atomic E-state index is 13.7. The zero-order valence-electron chi connectivity index (χ0n) is 22.7. The number of hydrazone groups is 1. The number of allylic oxidation sites excluding steroid dienone is 1. The van der Waals surface area contributed by atoms with Crippen molar-refractivity contribution in [2.45, 2.75) is 25.6 Å². The van der Waals surface area contributed by atoms with Gasteiger partial charge in [0.1, 0.15) is 17.2 Å². The highest BCUT2D eigenvalue weighted by molar-refractivity contribution is 6.31. The van der Waals surface area contributed by atoms with E-state index in [1.807, 2.05) is 0 Å². The number of carbonyl (C=O) groups is 3. The number of halogens is 2. The number of anilines is 2. The van der Waals surface area contributed by atoms with Gasteiger partial charge >= 0.3 is 17.9 Å². The van der Waals surface area contributed by atoms with Gasteiger partial charge in [-0.2, -0.15) is 10.2 Å². The third-order valence-electron chi connectivity index (χ3n) is 6.35. The van der Waals surface area contributed by atoms with Crippen LogP contribution in [0.15, 0.2) is 76.3 Å². The minimum absolute atomic E-state index is 0.205. The van der Waals surface area contributed by atoms with Gasteiger partial charge in [0.25, 0.3) is 5.91 Å². The van der Waals surface area contributed by atoms with E-state index in [4.69, 9.17) is 27.6 Å². The Kier molecular flexibility index (Phi) is 9.34. The largest absolute Gasteiger partial charge is 0.433 e. The second kappa shape index (κ2) is 12.9. The van der Waals surface area contributed by atoms with Crippen LogP contribution in [0.2, 0.25) is 10.0 Å². The molecule has 2 heterocycles. The number of hydroxylamine groups is 2. The van der Waals surface area contributed by atoms with Gasteiger partial charge < -0.3 is 14.6 Å². The first-order valence-corrected chi connectivity index (χ1v) is 13.3. The standard InChI is InChI=1S/C27H25Cl2N7O7/c1-27(2)24(35(40)25(38)31-19-9-5-17(28)6-10-19)34(20-11-7-18(29)8-12-20)26(39)33(27)16-22(37)32-30-15-3-4-21-13-14-23(43-21)36(41)42/h3-15,24,40H,16H2,1-2H3,(H,31,38)(H,32,37)/b4-3-,30-15+/t24-/m1/s1. The topological polar surface area (TPSA) is 174 Å². The van der Waals surface area contributed by atoms with Gasteiger partial charge in [0.15, 0.2) is 6.17 Å². The molecule has 1 atom stereocenters. The number of amides is 5. The van der Waals surface area contributed by atoms with Gasteiger partial charge in [-0.1, -0.05) is 23.2 Å². The van der Waals surface area contributed by atoms with Gasteiger partial charge in [-0.15, -0.1) is 0 Å². The lowest BCUT2D eigenvalue weighted by Gasteiger charge is -2.38. The average Bonchev–Trinajstić information content (AvgIpc) is 3.51. The van der Waals surface area contributed by atoms with Crippen molar-refractivity contribution in [3.63, 3.8) is 0 Å². The number of furan rings is 1. The summed E-state index contributed by atoms with van der Waals surface area (Å²) in [4.78, 5) is 52.0. The van der Waals surface area contributed by atoms with Crippen LogP contribution < -0.4 is 15.6 Å². The number of hydrogen-bond donors (Lipinski definition) is 3. The second-order valence-electron chi connectivity index (χ2n) is 9.63. The molecule has 1 aliphatic heterocycles. The third-order valence-corrected chi connectivity index (χ3v) is 6.86. The minimum atomic E-state index is -1.31. The quantitative estimate of drug-likeness (QED) is 0.120. The first kappa shape index (κ1) is 31.0. The lowest BCUT2D eigenvalue weighted by atomic mass is 9.99. The molecule has 43 heavy (non-hydrogen) atoms. The van der Waals surface area contributed by atoms with Crippen molar-refractivity contribution in [3.05, 3.63) is 92.7 Å². The predicted molar refractivity (Wildman–Crippen MR) is 159 cm³/mol. The molecule has 0 unspecified atom stereocenters. The number of nitrogens with one attached hydrogen (secondary N) is 2. The molecule has 1 fully saturated rings. The molecule has 1 aromatic heterocycles. The summed E-state index contributed by atoms with van der Waals surface area (Å²) in [5, 5.41) is 29.4. The molecule has 224 valence electrons. The Hall–Kier alpha value is -4.92. The number of rotatable bonds is 9. The molecular formula is C27H25Cl2N7O7. The summed E-state index contributed by atoms with van der Waals surface area (Å²) in [7, 11) is 0. The molecule has 16 heteroatoms. The van der Waals surface area contributed by atoms with Crippen molar-refractivity contribution in [3.8, 4) is 0 Å². The van der Waals surface area contributed by atoms with E-state index in [9.17, 15) is 29.7 Å². The molecule has 3 aromatic rings. The normalized spacial score (nSPS) is 16.2. The third kappa shape index (κ3) is 7.12. The van der Waals surface area contributed by atoms with Crippen LogP contribution >= 0.6 is 23.2 Å². The molecule has 14 nitrogen and oxygen atoms in total. The average molecular weight is 630 g/mol. The zero-order valence-corrected chi connectivity index (χ0v) is 24.2. The van der Waals surface area contributed by atoms with Gasteiger partial charge in [-0.25, -0.2) is 15.0 Å². The summed E-state index contributed by atoms with van der Waals surface area (Å²) in [6.45, 7) is 2.70. The monoisotopic (exact) mass is 629 g/mol. The van der Waals surface area contributed by atoms with Crippen LogP contribution in [0.25, 0.3) is 6.08 Å². The Morgan fingerprint density at radius 2 is 1.74 bits per heavy atom. The highest BCUT2D eigenvalue weighted by Gasteiger charge is 2.56. The molecule has 4 rings (SSSR count). The first-order valence-electron chi connectivity index (χ1n) is 12.5. The fourth-order valence-electron chi connectivity index (χ4n) is 4.29. The van der Waals surface area contributed by atoms with Crippen molar-refractivity contribution < 1.29 is 28.9 Å². The summed E-state index contributed by atoms with van der Waals surface area (Å²) in [6.07, 6.45) is 2.71. The van der Waals surface area contributed by atoms with E-state index in [1.165, 1.54) is 40.3 Å². The van der Waals surface area contributed by atoms with Crippen LogP contribution in [0, 0.1) is 10.1 Å². The van der Waals surface area contributed by atoms with Gasteiger partial charge in [-0.05, 0) is 80.6 Å². The molecule has 3 N–H and O–H groups in total. The van der Waals surface area contributed by atoms with Crippen molar-refractivity contribution in [1.82, 2.24) is 15.4 Å². The van der Waals surface area contributed by atoms with Crippen LogP contribution in [0.5, 0.6) is 0 Å². The fraction of sp³-hybridized carbons (Fsp3) is 0.185. The lowest BCUT2D eigenvalue weighted by Crippen LogP contribution is -2.58. The van der Waals surface area contributed by atoms with E-state index >= 15 is 0 Å². The Morgan fingerprint density at radius 3 is 2.35 bits per heavy atom. The molecule has 0 spiro atoms. The van der Waals surface area contributed by atoms with E-state index < -0.39 is 47.0 Å². The second-order valence-corrected chi connectivity index (χ2v) is 10.5. The maximum Gasteiger partial charge on any atom is 0.433 e. The molecule has 5 amide bonds. The number of nitro groups is 1.